The fourth-order valence-corrected chi connectivity index (χ4v) is 2.35. The molecule has 1 amide bonds. The number of unbranched alkanes of at least 4 members (excludes halogenated alkanes) is 1. The number of ether oxygens (including phenoxy) is 2. The average Bonchev–Trinajstić information content (AvgIpc) is 2.50. The summed E-state index contributed by atoms with van der Waals surface area (Å²) in [6.07, 6.45) is 5.42. The van der Waals surface area contributed by atoms with E-state index in [1.165, 1.54) is 6.42 Å². The zero-order valence-corrected chi connectivity index (χ0v) is 13.4. The summed E-state index contributed by atoms with van der Waals surface area (Å²) in [7, 11) is 0. The maximum absolute atomic E-state index is 12.1. The molecule has 1 atom stereocenters. The fraction of sp³-hybridized carbons (Fsp3) is 0.938. The Labute approximate surface area is 123 Å². The lowest BCUT2D eigenvalue weighted by Crippen LogP contribution is -2.43. The number of rotatable bonds is 9. The first-order valence-corrected chi connectivity index (χ1v) is 8.17. The number of piperidine rings is 1. The van der Waals surface area contributed by atoms with E-state index in [9.17, 15) is 4.79 Å². The summed E-state index contributed by atoms with van der Waals surface area (Å²) >= 11 is 0. The quantitative estimate of drug-likeness (QED) is 0.611. The van der Waals surface area contributed by atoms with Gasteiger partial charge >= 0.3 is 0 Å². The Morgan fingerprint density at radius 1 is 1.20 bits per heavy atom. The molecule has 1 unspecified atom stereocenters. The first-order valence-electron chi connectivity index (χ1n) is 8.17. The van der Waals surface area contributed by atoms with E-state index < -0.39 is 0 Å². The van der Waals surface area contributed by atoms with E-state index in [1.54, 1.807) is 0 Å². The van der Waals surface area contributed by atoms with Gasteiger partial charge in [-0.1, -0.05) is 27.2 Å². The molecule has 1 aliphatic rings. The number of amides is 1. The predicted molar refractivity (Wildman–Crippen MR) is 80.7 cm³/mol. The summed E-state index contributed by atoms with van der Waals surface area (Å²) in [5, 5.41) is 0. The van der Waals surface area contributed by atoms with Gasteiger partial charge in [-0.3, -0.25) is 4.79 Å². The highest BCUT2D eigenvalue weighted by molar-refractivity contribution is 5.78. The Bertz CT molecular complexity index is 262. The molecule has 0 bridgehead atoms. The highest BCUT2D eigenvalue weighted by Gasteiger charge is 2.25. The molecular weight excluding hydrogens is 254 g/mol. The van der Waals surface area contributed by atoms with Gasteiger partial charge in [0, 0.05) is 25.6 Å². The molecular formula is C16H31NO3. The standard InChI is InChI=1S/C16H31NO3/c1-4-6-11-19-12-13-20-15-7-9-17(10-8-15)16(18)14(3)5-2/h14-15H,4-13H2,1-3H3. The molecule has 0 N–H and O–H groups in total. The van der Waals surface area contributed by atoms with E-state index in [0.717, 1.165) is 45.4 Å². The van der Waals surface area contributed by atoms with Gasteiger partial charge in [-0.15, -0.1) is 0 Å². The van der Waals surface area contributed by atoms with Gasteiger partial charge in [-0.2, -0.15) is 0 Å². The molecule has 1 rings (SSSR count). The van der Waals surface area contributed by atoms with Crippen LogP contribution in [-0.4, -0.2) is 49.8 Å². The first kappa shape index (κ1) is 17.4. The minimum Gasteiger partial charge on any atom is -0.379 e. The highest BCUT2D eigenvalue weighted by Crippen LogP contribution is 2.17. The van der Waals surface area contributed by atoms with E-state index in [-0.39, 0.29) is 5.92 Å². The van der Waals surface area contributed by atoms with Crippen molar-refractivity contribution in [2.75, 3.05) is 32.9 Å². The normalized spacial score (nSPS) is 18.2. The minimum atomic E-state index is 0.152. The lowest BCUT2D eigenvalue weighted by molar-refractivity contribution is -0.137. The van der Waals surface area contributed by atoms with Crippen molar-refractivity contribution in [1.29, 1.82) is 0 Å². The smallest absolute Gasteiger partial charge is 0.225 e. The molecule has 1 heterocycles. The number of likely N-dealkylation sites (tertiary alicyclic amines) is 1. The van der Waals surface area contributed by atoms with E-state index >= 15 is 0 Å². The maximum Gasteiger partial charge on any atom is 0.225 e. The fourth-order valence-electron chi connectivity index (χ4n) is 2.35. The predicted octanol–water partition coefficient (Wildman–Crippen LogP) is 2.86. The summed E-state index contributed by atoms with van der Waals surface area (Å²) in [5.41, 5.74) is 0. The topological polar surface area (TPSA) is 38.8 Å². The van der Waals surface area contributed by atoms with E-state index in [1.807, 2.05) is 11.8 Å². The van der Waals surface area contributed by atoms with Gasteiger partial charge in [0.05, 0.1) is 19.3 Å². The molecule has 4 heteroatoms. The van der Waals surface area contributed by atoms with Gasteiger partial charge in [-0.05, 0) is 25.7 Å². The lowest BCUT2D eigenvalue weighted by atomic mass is 10.0. The van der Waals surface area contributed by atoms with Crippen molar-refractivity contribution in [3.8, 4) is 0 Å². The van der Waals surface area contributed by atoms with Crippen LogP contribution < -0.4 is 0 Å². The van der Waals surface area contributed by atoms with E-state index in [4.69, 9.17) is 9.47 Å². The summed E-state index contributed by atoms with van der Waals surface area (Å²) in [6.45, 7) is 10.1. The Morgan fingerprint density at radius 3 is 2.50 bits per heavy atom. The van der Waals surface area contributed by atoms with Gasteiger partial charge in [0.15, 0.2) is 0 Å². The van der Waals surface area contributed by atoms with Crippen molar-refractivity contribution in [1.82, 2.24) is 4.90 Å². The Kier molecular flexibility index (Phi) is 8.86. The molecule has 1 saturated heterocycles. The van der Waals surface area contributed by atoms with Crippen LogP contribution in [0.3, 0.4) is 0 Å². The molecule has 0 radical (unpaired) electrons. The van der Waals surface area contributed by atoms with Gasteiger partial charge in [-0.25, -0.2) is 0 Å². The van der Waals surface area contributed by atoms with Crippen molar-refractivity contribution in [3.05, 3.63) is 0 Å². The number of hydrogen-bond acceptors (Lipinski definition) is 3. The summed E-state index contributed by atoms with van der Waals surface area (Å²) < 4.78 is 11.3. The van der Waals surface area contributed by atoms with Crippen molar-refractivity contribution < 1.29 is 14.3 Å². The van der Waals surface area contributed by atoms with E-state index in [2.05, 4.69) is 13.8 Å². The minimum absolute atomic E-state index is 0.152. The van der Waals surface area contributed by atoms with Crippen LogP contribution in [0.1, 0.15) is 52.9 Å². The van der Waals surface area contributed by atoms with Gasteiger partial charge in [0.2, 0.25) is 5.91 Å². The second-order valence-electron chi connectivity index (χ2n) is 5.67. The Morgan fingerprint density at radius 2 is 1.90 bits per heavy atom. The van der Waals surface area contributed by atoms with Gasteiger partial charge in [0.1, 0.15) is 0 Å². The molecule has 1 aliphatic heterocycles. The molecule has 0 aromatic carbocycles. The van der Waals surface area contributed by atoms with E-state index in [0.29, 0.717) is 25.2 Å². The number of hydrogen-bond donors (Lipinski definition) is 0. The van der Waals surface area contributed by atoms with Crippen LogP contribution >= 0.6 is 0 Å². The second-order valence-corrected chi connectivity index (χ2v) is 5.67. The van der Waals surface area contributed by atoms with Crippen molar-refractivity contribution >= 4 is 5.91 Å². The third kappa shape index (κ3) is 6.23. The molecule has 0 spiro atoms. The number of carbonyl (C=O) groups is 1. The Hall–Kier alpha value is -0.610. The average molecular weight is 285 g/mol. The number of carbonyl (C=O) groups excluding carboxylic acids is 1. The highest BCUT2D eigenvalue weighted by atomic mass is 16.5. The van der Waals surface area contributed by atoms with Gasteiger partial charge < -0.3 is 14.4 Å². The molecule has 20 heavy (non-hydrogen) atoms. The zero-order chi connectivity index (χ0) is 14.8. The molecule has 1 fully saturated rings. The maximum atomic E-state index is 12.1. The van der Waals surface area contributed by atoms with Crippen LogP contribution in [0, 0.1) is 5.92 Å². The monoisotopic (exact) mass is 285 g/mol. The van der Waals surface area contributed by atoms with Crippen LogP contribution in [0.15, 0.2) is 0 Å². The first-order chi connectivity index (χ1) is 9.69. The van der Waals surface area contributed by atoms with Crippen LogP contribution in [0.4, 0.5) is 0 Å². The number of nitrogens with zero attached hydrogens (tertiary/aromatic N) is 1. The summed E-state index contributed by atoms with van der Waals surface area (Å²) in [4.78, 5) is 14.1. The SMILES string of the molecule is CCCCOCCOC1CCN(C(=O)C(C)CC)CC1. The van der Waals surface area contributed by atoms with Crippen LogP contribution in [0.2, 0.25) is 0 Å². The molecule has 118 valence electrons. The van der Waals surface area contributed by atoms with Crippen LogP contribution in [-0.2, 0) is 14.3 Å². The Balaban J connectivity index is 2.08. The third-order valence-corrected chi connectivity index (χ3v) is 4.01. The van der Waals surface area contributed by atoms with Crippen molar-refractivity contribution in [2.24, 2.45) is 5.92 Å². The lowest BCUT2D eigenvalue weighted by Gasteiger charge is -2.33. The molecule has 0 aromatic heterocycles. The van der Waals surface area contributed by atoms with Crippen molar-refractivity contribution in [3.63, 3.8) is 0 Å². The summed E-state index contributed by atoms with van der Waals surface area (Å²) in [5.74, 6) is 0.452. The molecule has 0 saturated carbocycles. The van der Waals surface area contributed by atoms with Crippen LogP contribution in [0.25, 0.3) is 0 Å². The second kappa shape index (κ2) is 10.2. The zero-order valence-electron chi connectivity index (χ0n) is 13.4. The molecule has 0 aliphatic carbocycles. The largest absolute Gasteiger partial charge is 0.379 e. The van der Waals surface area contributed by atoms with Gasteiger partial charge in [0.25, 0.3) is 0 Å². The molecule has 0 aromatic rings. The summed E-state index contributed by atoms with van der Waals surface area (Å²) in [6, 6.07) is 0. The molecule has 4 nitrogen and oxygen atoms in total. The third-order valence-electron chi connectivity index (χ3n) is 4.01. The van der Waals surface area contributed by atoms with Crippen molar-refractivity contribution in [2.45, 2.75) is 59.0 Å². The van der Waals surface area contributed by atoms with Crippen LogP contribution in [0.5, 0.6) is 0 Å².